The number of hydrogen-bond donors (Lipinski definition) is 1. The molecule has 0 unspecified atom stereocenters. The molecule has 1 aromatic carbocycles. The maximum absolute atomic E-state index is 12.9. The molecule has 1 saturated heterocycles. The lowest BCUT2D eigenvalue weighted by atomic mass is 10.1. The summed E-state index contributed by atoms with van der Waals surface area (Å²) in [7, 11) is 0. The largest absolute Gasteiger partial charge is 0.392 e. The summed E-state index contributed by atoms with van der Waals surface area (Å²) in [4.78, 5) is 2.20. The average Bonchev–Trinajstić information content (AvgIpc) is 2.56. The van der Waals surface area contributed by atoms with Crippen LogP contribution >= 0.6 is 0 Å². The standard InChI is InChI=1S/C12H16FNO/c1-9-6-11(13)3-2-10(9)7-14-5-4-12(15)8-14/h2-3,6,12,15H,4-5,7-8H2,1H3/t12-/m0/s1. The Hall–Kier alpha value is -0.930. The zero-order valence-electron chi connectivity index (χ0n) is 8.91. The molecule has 3 heteroatoms. The molecular formula is C12H16FNO. The molecule has 1 aliphatic heterocycles. The van der Waals surface area contributed by atoms with Gasteiger partial charge in [-0.2, -0.15) is 0 Å². The molecule has 1 fully saturated rings. The van der Waals surface area contributed by atoms with E-state index in [0.717, 1.165) is 37.2 Å². The fraction of sp³-hybridized carbons (Fsp3) is 0.500. The number of benzene rings is 1. The van der Waals surface area contributed by atoms with E-state index < -0.39 is 0 Å². The Labute approximate surface area is 89.3 Å². The average molecular weight is 209 g/mol. The second-order valence-corrected chi connectivity index (χ2v) is 4.25. The number of aliphatic hydroxyl groups excluding tert-OH is 1. The number of β-amino-alcohol motifs (C(OH)–C–C–N with tert-alkyl or cyclic N) is 1. The molecule has 1 aromatic rings. The molecule has 1 heterocycles. The van der Waals surface area contributed by atoms with Gasteiger partial charge in [0.05, 0.1) is 6.10 Å². The molecule has 0 radical (unpaired) electrons. The van der Waals surface area contributed by atoms with Gasteiger partial charge in [-0.25, -0.2) is 4.39 Å². The van der Waals surface area contributed by atoms with Crippen LogP contribution in [0.15, 0.2) is 18.2 Å². The minimum atomic E-state index is -0.189. The highest BCUT2D eigenvalue weighted by Gasteiger charge is 2.20. The van der Waals surface area contributed by atoms with Crippen molar-refractivity contribution < 1.29 is 9.50 Å². The van der Waals surface area contributed by atoms with Crippen molar-refractivity contribution in [3.63, 3.8) is 0 Å². The van der Waals surface area contributed by atoms with Gasteiger partial charge in [-0.1, -0.05) is 6.07 Å². The summed E-state index contributed by atoms with van der Waals surface area (Å²) >= 11 is 0. The van der Waals surface area contributed by atoms with Gasteiger partial charge < -0.3 is 5.11 Å². The predicted molar refractivity (Wildman–Crippen MR) is 57.0 cm³/mol. The monoisotopic (exact) mass is 209 g/mol. The van der Waals surface area contributed by atoms with E-state index >= 15 is 0 Å². The van der Waals surface area contributed by atoms with Crippen molar-refractivity contribution in [2.45, 2.75) is 26.0 Å². The minimum Gasteiger partial charge on any atom is -0.392 e. The summed E-state index contributed by atoms with van der Waals surface area (Å²) in [6.45, 7) is 4.39. The Morgan fingerprint density at radius 2 is 2.33 bits per heavy atom. The van der Waals surface area contributed by atoms with Crippen LogP contribution in [0, 0.1) is 12.7 Å². The van der Waals surface area contributed by atoms with Crippen LogP contribution in [0.25, 0.3) is 0 Å². The smallest absolute Gasteiger partial charge is 0.123 e. The molecule has 82 valence electrons. The van der Waals surface area contributed by atoms with Gasteiger partial charge in [-0.3, -0.25) is 4.90 Å². The minimum absolute atomic E-state index is 0.183. The number of aliphatic hydroxyl groups is 1. The topological polar surface area (TPSA) is 23.5 Å². The Kier molecular flexibility index (Phi) is 3.03. The number of nitrogens with zero attached hydrogens (tertiary/aromatic N) is 1. The molecule has 1 atom stereocenters. The van der Waals surface area contributed by atoms with Gasteiger partial charge in [0.15, 0.2) is 0 Å². The van der Waals surface area contributed by atoms with E-state index in [-0.39, 0.29) is 11.9 Å². The molecule has 0 bridgehead atoms. The van der Waals surface area contributed by atoms with Gasteiger partial charge in [0.1, 0.15) is 5.82 Å². The van der Waals surface area contributed by atoms with Crippen molar-refractivity contribution >= 4 is 0 Å². The van der Waals surface area contributed by atoms with Gasteiger partial charge in [-0.05, 0) is 36.6 Å². The second kappa shape index (κ2) is 4.29. The summed E-state index contributed by atoms with van der Waals surface area (Å²) in [5, 5.41) is 9.39. The van der Waals surface area contributed by atoms with Gasteiger partial charge in [0.2, 0.25) is 0 Å². The van der Waals surface area contributed by atoms with Crippen LogP contribution in [0.3, 0.4) is 0 Å². The van der Waals surface area contributed by atoms with E-state index in [2.05, 4.69) is 4.90 Å². The summed E-state index contributed by atoms with van der Waals surface area (Å²) in [6, 6.07) is 4.88. The quantitative estimate of drug-likeness (QED) is 0.801. The predicted octanol–water partition coefficient (Wildman–Crippen LogP) is 1.70. The summed E-state index contributed by atoms with van der Waals surface area (Å²) in [6.07, 6.45) is 0.658. The highest BCUT2D eigenvalue weighted by Crippen LogP contribution is 2.16. The highest BCUT2D eigenvalue weighted by atomic mass is 19.1. The molecule has 15 heavy (non-hydrogen) atoms. The van der Waals surface area contributed by atoms with Gasteiger partial charge in [-0.15, -0.1) is 0 Å². The first-order valence-corrected chi connectivity index (χ1v) is 5.30. The molecule has 1 aliphatic rings. The first-order chi connectivity index (χ1) is 7.15. The summed E-state index contributed by atoms with van der Waals surface area (Å²) < 4.78 is 12.9. The fourth-order valence-corrected chi connectivity index (χ4v) is 2.03. The van der Waals surface area contributed by atoms with Gasteiger partial charge >= 0.3 is 0 Å². The molecule has 1 N–H and O–H groups in total. The first-order valence-electron chi connectivity index (χ1n) is 5.30. The summed E-state index contributed by atoms with van der Waals surface area (Å²) in [5.41, 5.74) is 2.13. The van der Waals surface area contributed by atoms with Crippen LogP contribution in [-0.4, -0.2) is 29.2 Å². The lowest BCUT2D eigenvalue weighted by molar-refractivity contribution is 0.174. The number of halogens is 1. The van der Waals surface area contributed by atoms with Crippen molar-refractivity contribution in [3.8, 4) is 0 Å². The van der Waals surface area contributed by atoms with Gasteiger partial charge in [0, 0.05) is 19.6 Å². The SMILES string of the molecule is Cc1cc(F)ccc1CN1CC[C@H](O)C1. The zero-order valence-corrected chi connectivity index (χ0v) is 8.91. The molecule has 0 aromatic heterocycles. The molecule has 0 saturated carbocycles. The number of rotatable bonds is 2. The lowest BCUT2D eigenvalue weighted by Gasteiger charge is -2.16. The van der Waals surface area contributed by atoms with E-state index in [9.17, 15) is 9.50 Å². The van der Waals surface area contributed by atoms with E-state index in [1.807, 2.05) is 13.0 Å². The number of hydrogen-bond acceptors (Lipinski definition) is 2. The maximum atomic E-state index is 12.9. The maximum Gasteiger partial charge on any atom is 0.123 e. The van der Waals surface area contributed by atoms with Crippen LogP contribution in [0.2, 0.25) is 0 Å². The third-order valence-corrected chi connectivity index (χ3v) is 2.95. The van der Waals surface area contributed by atoms with Crippen molar-refractivity contribution in [2.75, 3.05) is 13.1 Å². The Balaban J connectivity index is 2.04. The molecule has 2 nitrogen and oxygen atoms in total. The third kappa shape index (κ3) is 2.55. The van der Waals surface area contributed by atoms with Gasteiger partial charge in [0.25, 0.3) is 0 Å². The van der Waals surface area contributed by atoms with Crippen LogP contribution in [0.4, 0.5) is 4.39 Å². The van der Waals surface area contributed by atoms with E-state index in [1.54, 1.807) is 6.07 Å². The first kappa shape index (κ1) is 10.6. The fourth-order valence-electron chi connectivity index (χ4n) is 2.03. The summed E-state index contributed by atoms with van der Waals surface area (Å²) in [5.74, 6) is -0.183. The van der Waals surface area contributed by atoms with Crippen molar-refractivity contribution in [1.29, 1.82) is 0 Å². The van der Waals surface area contributed by atoms with Crippen LogP contribution < -0.4 is 0 Å². The molecule has 0 aliphatic carbocycles. The number of likely N-dealkylation sites (tertiary alicyclic amines) is 1. The van der Waals surface area contributed by atoms with Crippen LogP contribution in [-0.2, 0) is 6.54 Å². The van der Waals surface area contributed by atoms with Crippen molar-refractivity contribution in [3.05, 3.63) is 35.1 Å². The Bertz CT molecular complexity index is 353. The number of aryl methyl sites for hydroxylation is 1. The van der Waals surface area contributed by atoms with E-state index in [1.165, 1.54) is 6.07 Å². The van der Waals surface area contributed by atoms with Crippen LogP contribution in [0.1, 0.15) is 17.5 Å². The normalized spacial score (nSPS) is 22.2. The Morgan fingerprint density at radius 1 is 1.53 bits per heavy atom. The second-order valence-electron chi connectivity index (χ2n) is 4.25. The molecule has 2 rings (SSSR count). The molecular weight excluding hydrogens is 193 g/mol. The van der Waals surface area contributed by atoms with Crippen molar-refractivity contribution in [1.82, 2.24) is 4.90 Å². The van der Waals surface area contributed by atoms with E-state index in [0.29, 0.717) is 0 Å². The Morgan fingerprint density at radius 3 is 2.93 bits per heavy atom. The molecule has 0 amide bonds. The highest BCUT2D eigenvalue weighted by molar-refractivity contribution is 5.26. The van der Waals surface area contributed by atoms with Crippen molar-refractivity contribution in [2.24, 2.45) is 0 Å². The third-order valence-electron chi connectivity index (χ3n) is 2.95. The van der Waals surface area contributed by atoms with Crippen LogP contribution in [0.5, 0.6) is 0 Å². The van der Waals surface area contributed by atoms with E-state index in [4.69, 9.17) is 0 Å². The zero-order chi connectivity index (χ0) is 10.8. The molecule has 0 spiro atoms. The lowest BCUT2D eigenvalue weighted by Crippen LogP contribution is -2.21.